The van der Waals surface area contributed by atoms with Gasteiger partial charge in [0.1, 0.15) is 5.75 Å². The summed E-state index contributed by atoms with van der Waals surface area (Å²) in [7, 11) is -3.63. The average Bonchev–Trinajstić information content (AvgIpc) is 2.55. The van der Waals surface area contributed by atoms with Crippen molar-refractivity contribution in [3.8, 4) is 5.75 Å². The van der Waals surface area contributed by atoms with Gasteiger partial charge in [0, 0.05) is 11.9 Å². The predicted molar refractivity (Wildman–Crippen MR) is 96.6 cm³/mol. The van der Waals surface area contributed by atoms with E-state index in [1.54, 1.807) is 12.1 Å². The third-order valence-electron chi connectivity index (χ3n) is 3.71. The first-order chi connectivity index (χ1) is 12.1. The molecule has 2 N–H and O–H groups in total. The molecule has 2 aromatic carbocycles. The molecule has 0 aliphatic rings. The second-order valence-corrected chi connectivity index (χ2v) is 7.92. The number of rotatable bonds is 6. The summed E-state index contributed by atoms with van der Waals surface area (Å²) in [6, 6.07) is 8.84. The van der Waals surface area contributed by atoms with Crippen LogP contribution in [0.4, 0.5) is 5.69 Å². The van der Waals surface area contributed by atoms with E-state index in [9.17, 15) is 18.0 Å². The van der Waals surface area contributed by atoms with Crippen molar-refractivity contribution in [3.63, 3.8) is 0 Å². The van der Waals surface area contributed by atoms with E-state index in [1.807, 2.05) is 19.9 Å². The second-order valence-electron chi connectivity index (χ2n) is 5.91. The van der Waals surface area contributed by atoms with E-state index in [2.05, 4.69) is 5.32 Å². The van der Waals surface area contributed by atoms with Crippen LogP contribution in [-0.4, -0.2) is 38.3 Å². The molecule has 0 aromatic heterocycles. The lowest BCUT2D eigenvalue weighted by atomic mass is 10.1. The maximum atomic E-state index is 12.0. The van der Waals surface area contributed by atoms with E-state index >= 15 is 0 Å². The summed E-state index contributed by atoms with van der Waals surface area (Å²) < 4.78 is 28.8. The number of hydrogen-bond donors (Lipinski definition) is 2. The Morgan fingerprint density at radius 3 is 2.35 bits per heavy atom. The first kappa shape index (κ1) is 19.5. The summed E-state index contributed by atoms with van der Waals surface area (Å²) >= 11 is 0. The standard InChI is InChI=1S/C18H19NO6S/c1-11-4-5-15(6-12(11)2)25-10-17(20)19-14-7-13(18(21)22)8-16(9-14)26(3,23)24/h4-9H,10H2,1-3H3,(H,19,20)(H,21,22). The minimum Gasteiger partial charge on any atom is -0.484 e. The van der Waals surface area contributed by atoms with Gasteiger partial charge in [-0.2, -0.15) is 0 Å². The van der Waals surface area contributed by atoms with Gasteiger partial charge >= 0.3 is 5.97 Å². The molecule has 7 nitrogen and oxygen atoms in total. The molecule has 0 aliphatic heterocycles. The fourth-order valence-electron chi connectivity index (χ4n) is 2.16. The van der Waals surface area contributed by atoms with Crippen molar-refractivity contribution in [3.05, 3.63) is 53.1 Å². The van der Waals surface area contributed by atoms with Crippen molar-refractivity contribution in [1.82, 2.24) is 0 Å². The van der Waals surface area contributed by atoms with Crippen LogP contribution in [0.3, 0.4) is 0 Å². The van der Waals surface area contributed by atoms with Crippen molar-refractivity contribution in [2.75, 3.05) is 18.2 Å². The molecule has 2 aromatic rings. The highest BCUT2D eigenvalue weighted by molar-refractivity contribution is 7.90. The predicted octanol–water partition coefficient (Wildman–Crippen LogP) is 2.42. The smallest absolute Gasteiger partial charge is 0.335 e. The van der Waals surface area contributed by atoms with E-state index < -0.39 is 21.7 Å². The Morgan fingerprint density at radius 1 is 1.08 bits per heavy atom. The topological polar surface area (TPSA) is 110 Å². The third kappa shape index (κ3) is 5.06. The van der Waals surface area contributed by atoms with Gasteiger partial charge in [0.15, 0.2) is 16.4 Å². The quantitative estimate of drug-likeness (QED) is 0.800. The number of benzene rings is 2. The summed E-state index contributed by atoms with van der Waals surface area (Å²) in [6.45, 7) is 3.58. The van der Waals surface area contributed by atoms with Crippen molar-refractivity contribution >= 4 is 27.4 Å². The molecule has 1 amide bonds. The van der Waals surface area contributed by atoms with Crippen LogP contribution in [0.25, 0.3) is 0 Å². The molecule has 2 rings (SSSR count). The van der Waals surface area contributed by atoms with Gasteiger partial charge in [-0.25, -0.2) is 13.2 Å². The minimum absolute atomic E-state index is 0.0685. The Morgan fingerprint density at radius 2 is 1.77 bits per heavy atom. The summed E-state index contributed by atoms with van der Waals surface area (Å²) in [5.41, 5.74) is 1.95. The number of sulfone groups is 1. The molecule has 0 spiro atoms. The van der Waals surface area contributed by atoms with Crippen LogP contribution in [0.2, 0.25) is 0 Å². The minimum atomic E-state index is -3.63. The van der Waals surface area contributed by atoms with Crippen LogP contribution in [0, 0.1) is 13.8 Å². The van der Waals surface area contributed by atoms with Gasteiger partial charge in [-0.3, -0.25) is 4.79 Å². The highest BCUT2D eigenvalue weighted by atomic mass is 32.2. The van der Waals surface area contributed by atoms with E-state index in [-0.39, 0.29) is 22.8 Å². The molecule has 0 bridgehead atoms. The monoisotopic (exact) mass is 377 g/mol. The maximum Gasteiger partial charge on any atom is 0.335 e. The lowest BCUT2D eigenvalue weighted by Crippen LogP contribution is -2.20. The van der Waals surface area contributed by atoms with Crippen molar-refractivity contribution < 1.29 is 27.9 Å². The zero-order chi connectivity index (χ0) is 19.5. The van der Waals surface area contributed by atoms with E-state index in [0.717, 1.165) is 23.4 Å². The van der Waals surface area contributed by atoms with Crippen LogP contribution in [-0.2, 0) is 14.6 Å². The molecule has 0 saturated carbocycles. The van der Waals surface area contributed by atoms with Crippen LogP contribution in [0.1, 0.15) is 21.5 Å². The van der Waals surface area contributed by atoms with E-state index in [1.165, 1.54) is 12.1 Å². The Balaban J connectivity index is 2.13. The number of carboxylic acid groups (broad SMARTS) is 1. The molecule has 0 heterocycles. The Kier molecular flexibility index (Phi) is 5.66. The number of nitrogens with one attached hydrogen (secondary N) is 1. The fraction of sp³-hybridized carbons (Fsp3) is 0.222. The van der Waals surface area contributed by atoms with Crippen LogP contribution in [0.15, 0.2) is 41.3 Å². The molecule has 0 unspecified atom stereocenters. The lowest BCUT2D eigenvalue weighted by molar-refractivity contribution is -0.118. The second kappa shape index (κ2) is 7.57. The number of carbonyl (C=O) groups is 2. The van der Waals surface area contributed by atoms with Crippen molar-refractivity contribution in [2.45, 2.75) is 18.7 Å². The molecule has 0 saturated heterocycles. The molecule has 0 radical (unpaired) electrons. The van der Waals surface area contributed by atoms with Crippen LogP contribution >= 0.6 is 0 Å². The van der Waals surface area contributed by atoms with Crippen molar-refractivity contribution in [2.24, 2.45) is 0 Å². The van der Waals surface area contributed by atoms with Gasteiger partial charge in [-0.1, -0.05) is 6.07 Å². The first-order valence-corrected chi connectivity index (χ1v) is 9.54. The number of carbonyl (C=O) groups excluding carboxylic acids is 1. The SMILES string of the molecule is Cc1ccc(OCC(=O)Nc2cc(C(=O)O)cc(S(C)(=O)=O)c2)cc1C. The normalized spacial score (nSPS) is 11.0. The number of aryl methyl sites for hydroxylation is 2. The number of aromatic carboxylic acids is 1. The highest BCUT2D eigenvalue weighted by Crippen LogP contribution is 2.20. The molecular formula is C18H19NO6S. The van der Waals surface area contributed by atoms with Gasteiger partial charge in [-0.05, 0) is 55.3 Å². The zero-order valence-corrected chi connectivity index (χ0v) is 15.4. The molecule has 8 heteroatoms. The zero-order valence-electron chi connectivity index (χ0n) is 14.6. The Hall–Kier alpha value is -2.87. The number of carboxylic acids is 1. The van der Waals surface area contributed by atoms with Crippen LogP contribution in [0.5, 0.6) is 5.75 Å². The lowest BCUT2D eigenvalue weighted by Gasteiger charge is -2.10. The average molecular weight is 377 g/mol. The van der Waals surface area contributed by atoms with E-state index in [0.29, 0.717) is 5.75 Å². The van der Waals surface area contributed by atoms with E-state index in [4.69, 9.17) is 9.84 Å². The fourth-order valence-corrected chi connectivity index (χ4v) is 2.84. The summed E-state index contributed by atoms with van der Waals surface area (Å²) in [6.07, 6.45) is 0.961. The first-order valence-electron chi connectivity index (χ1n) is 7.64. The molecule has 26 heavy (non-hydrogen) atoms. The highest BCUT2D eigenvalue weighted by Gasteiger charge is 2.15. The third-order valence-corrected chi connectivity index (χ3v) is 4.81. The van der Waals surface area contributed by atoms with Gasteiger partial charge in [-0.15, -0.1) is 0 Å². The number of hydrogen-bond acceptors (Lipinski definition) is 5. The van der Waals surface area contributed by atoms with Gasteiger partial charge in [0.05, 0.1) is 10.5 Å². The van der Waals surface area contributed by atoms with Gasteiger partial charge in [0.25, 0.3) is 5.91 Å². The summed E-state index contributed by atoms with van der Waals surface area (Å²) in [5, 5.41) is 11.6. The molecule has 0 atom stereocenters. The van der Waals surface area contributed by atoms with Crippen LogP contribution < -0.4 is 10.1 Å². The van der Waals surface area contributed by atoms with Gasteiger partial charge < -0.3 is 15.2 Å². The molecule has 0 fully saturated rings. The maximum absolute atomic E-state index is 12.0. The van der Waals surface area contributed by atoms with Gasteiger partial charge in [0.2, 0.25) is 0 Å². The largest absolute Gasteiger partial charge is 0.484 e. The molecular weight excluding hydrogens is 358 g/mol. The number of anilines is 1. The summed E-state index contributed by atoms with van der Waals surface area (Å²) in [5.74, 6) is -1.30. The number of ether oxygens (including phenoxy) is 1. The molecule has 138 valence electrons. The molecule has 0 aliphatic carbocycles. The Bertz CT molecular complexity index is 966. The Labute approximate surface area is 151 Å². The van der Waals surface area contributed by atoms with Crippen molar-refractivity contribution in [1.29, 1.82) is 0 Å². The summed E-state index contributed by atoms with van der Waals surface area (Å²) in [4.78, 5) is 23.0. The number of amides is 1.